The Morgan fingerprint density at radius 3 is 2.57 bits per heavy atom. The number of hydrogen-bond donors (Lipinski definition) is 1. The highest BCUT2D eigenvalue weighted by Crippen LogP contribution is 2.28. The van der Waals surface area contributed by atoms with Gasteiger partial charge in [-0.05, 0) is 12.1 Å². The molecule has 1 saturated heterocycles. The van der Waals surface area contributed by atoms with Crippen LogP contribution in [0.5, 0.6) is 0 Å². The molecule has 2 aromatic rings. The van der Waals surface area contributed by atoms with Crippen LogP contribution in [0, 0.1) is 5.82 Å². The molecule has 0 unspecified atom stereocenters. The van der Waals surface area contributed by atoms with Gasteiger partial charge >= 0.3 is 0 Å². The lowest BCUT2D eigenvalue weighted by Crippen LogP contribution is -2.56. The topological polar surface area (TPSA) is 87.3 Å². The molecule has 23 heavy (non-hydrogen) atoms. The predicted octanol–water partition coefficient (Wildman–Crippen LogP) is 1.53. The summed E-state index contributed by atoms with van der Waals surface area (Å²) in [5, 5.41) is -1.08. The number of hydrogen-bond acceptors (Lipinski definition) is 5. The zero-order valence-electron chi connectivity index (χ0n) is 11.5. The zero-order chi connectivity index (χ0) is 16.8. The van der Waals surface area contributed by atoms with Crippen molar-refractivity contribution in [3.05, 3.63) is 50.3 Å². The minimum Gasteiger partial charge on any atom is -0.335 e. The van der Waals surface area contributed by atoms with E-state index < -0.39 is 32.4 Å². The van der Waals surface area contributed by atoms with Gasteiger partial charge in [0, 0.05) is 13.1 Å². The molecule has 6 nitrogen and oxygen atoms in total. The number of halogens is 2. The average molecular weight is 377 g/mol. The Kier molecular flexibility index (Phi) is 4.03. The Morgan fingerprint density at radius 2 is 2.00 bits per heavy atom. The normalized spacial score (nSPS) is 15.5. The third kappa shape index (κ3) is 2.68. The Morgan fingerprint density at radius 1 is 1.35 bits per heavy atom. The van der Waals surface area contributed by atoms with Gasteiger partial charge in [0.25, 0.3) is 11.5 Å². The Labute approximate surface area is 139 Å². The van der Waals surface area contributed by atoms with Crippen molar-refractivity contribution in [1.82, 2.24) is 9.27 Å². The molecule has 0 radical (unpaired) electrons. The van der Waals surface area contributed by atoms with Crippen LogP contribution in [0.3, 0.4) is 0 Å². The number of sulfone groups is 1. The van der Waals surface area contributed by atoms with Gasteiger partial charge in [-0.15, -0.1) is 0 Å². The molecule has 1 aliphatic heterocycles. The molecule has 0 bridgehead atoms. The van der Waals surface area contributed by atoms with E-state index in [-0.39, 0.29) is 27.9 Å². The summed E-state index contributed by atoms with van der Waals surface area (Å²) in [5.74, 6) is -1.33. The van der Waals surface area contributed by atoms with Crippen molar-refractivity contribution in [3.8, 4) is 0 Å². The summed E-state index contributed by atoms with van der Waals surface area (Å²) in [4.78, 5) is 24.3. The largest absolute Gasteiger partial charge is 0.335 e. The number of likely N-dealkylation sites (tertiary alicyclic amines) is 1. The van der Waals surface area contributed by atoms with Gasteiger partial charge in [-0.1, -0.05) is 35.3 Å². The molecule has 2 heterocycles. The molecule has 0 spiro atoms. The maximum absolute atomic E-state index is 13.7. The third-order valence-corrected chi connectivity index (χ3v) is 7.02. The summed E-state index contributed by atoms with van der Waals surface area (Å²) >= 11 is 6.52. The van der Waals surface area contributed by atoms with Crippen molar-refractivity contribution in [2.75, 3.05) is 13.1 Å². The molecule has 122 valence electrons. The molecule has 0 atom stereocenters. The lowest BCUT2D eigenvalue weighted by atomic mass is 10.2. The van der Waals surface area contributed by atoms with E-state index in [0.29, 0.717) is 0 Å². The zero-order valence-corrected chi connectivity index (χ0v) is 13.8. The highest BCUT2D eigenvalue weighted by atomic mass is 35.5. The van der Waals surface area contributed by atoms with Crippen molar-refractivity contribution < 1.29 is 17.6 Å². The molecule has 0 saturated carbocycles. The van der Waals surface area contributed by atoms with E-state index in [0.717, 1.165) is 17.6 Å². The molecule has 1 aromatic carbocycles. The van der Waals surface area contributed by atoms with Gasteiger partial charge in [-0.3, -0.25) is 14.0 Å². The van der Waals surface area contributed by atoms with E-state index in [9.17, 15) is 22.4 Å². The Bertz CT molecular complexity index is 931. The molecule has 10 heteroatoms. The van der Waals surface area contributed by atoms with Gasteiger partial charge in [0.2, 0.25) is 0 Å². The fourth-order valence-electron chi connectivity index (χ4n) is 2.23. The van der Waals surface area contributed by atoms with Gasteiger partial charge < -0.3 is 4.90 Å². The first-order valence-electron chi connectivity index (χ1n) is 6.47. The van der Waals surface area contributed by atoms with Crippen molar-refractivity contribution in [2.24, 2.45) is 0 Å². The van der Waals surface area contributed by atoms with Crippen LogP contribution < -0.4 is 5.56 Å². The molecule has 0 aliphatic carbocycles. The molecule has 1 fully saturated rings. The van der Waals surface area contributed by atoms with Crippen LogP contribution in [0.1, 0.15) is 9.67 Å². The second kappa shape index (κ2) is 5.73. The van der Waals surface area contributed by atoms with E-state index in [4.69, 9.17) is 11.6 Å². The van der Waals surface area contributed by atoms with Gasteiger partial charge in [0.05, 0.1) is 0 Å². The van der Waals surface area contributed by atoms with Gasteiger partial charge in [-0.25, -0.2) is 12.8 Å². The minimum absolute atomic E-state index is 0.0402. The Balaban J connectivity index is 1.76. The molecular formula is C13H10ClFN2O4S2. The van der Waals surface area contributed by atoms with Crippen molar-refractivity contribution >= 4 is 38.9 Å². The predicted molar refractivity (Wildman–Crippen MR) is 83.2 cm³/mol. The summed E-state index contributed by atoms with van der Waals surface area (Å²) in [7, 11) is -3.85. The molecular weight excluding hydrogens is 367 g/mol. The molecule has 1 aromatic heterocycles. The first-order chi connectivity index (χ1) is 10.8. The number of carbonyl (C=O) groups excluding carboxylic acids is 1. The van der Waals surface area contributed by atoms with Crippen LogP contribution in [0.2, 0.25) is 5.02 Å². The van der Waals surface area contributed by atoms with Crippen LogP contribution in [-0.4, -0.2) is 41.9 Å². The number of benzene rings is 1. The average Bonchev–Trinajstić information content (AvgIpc) is 2.77. The van der Waals surface area contributed by atoms with Crippen molar-refractivity contribution in [1.29, 1.82) is 0 Å². The SMILES string of the molecule is O=C(c1s[nH]c(=O)c1Cl)N1CC(S(=O)(=O)c2ccccc2F)C1. The van der Waals surface area contributed by atoms with Crippen LogP contribution >= 0.6 is 23.1 Å². The molecule has 3 rings (SSSR count). The first kappa shape index (κ1) is 16.2. The summed E-state index contributed by atoms with van der Waals surface area (Å²) in [6.45, 7) is -0.143. The number of nitrogens with one attached hydrogen (secondary N) is 1. The van der Waals surface area contributed by atoms with E-state index >= 15 is 0 Å². The van der Waals surface area contributed by atoms with E-state index in [1.54, 1.807) is 0 Å². The van der Waals surface area contributed by atoms with Crippen molar-refractivity contribution in [2.45, 2.75) is 10.1 Å². The first-order valence-corrected chi connectivity index (χ1v) is 9.21. The van der Waals surface area contributed by atoms with Gasteiger partial charge in [0.1, 0.15) is 25.9 Å². The lowest BCUT2D eigenvalue weighted by Gasteiger charge is -2.38. The fourth-order valence-corrected chi connectivity index (χ4v) is 4.94. The number of aromatic amines is 1. The number of amides is 1. The summed E-state index contributed by atoms with van der Waals surface area (Å²) < 4.78 is 40.7. The van der Waals surface area contributed by atoms with Gasteiger partial charge in [0.15, 0.2) is 9.84 Å². The molecule has 1 N–H and O–H groups in total. The summed E-state index contributed by atoms with van der Waals surface area (Å²) in [6.07, 6.45) is 0. The van der Waals surface area contributed by atoms with E-state index in [1.807, 2.05) is 0 Å². The number of H-pyrrole nitrogens is 1. The number of rotatable bonds is 3. The standard InChI is InChI=1S/C13H10ClFN2O4S2/c14-10-11(22-16-12(10)18)13(19)17-5-7(6-17)23(20,21)9-4-2-1-3-8(9)15/h1-4,7H,5-6H2,(H,16,18). The lowest BCUT2D eigenvalue weighted by molar-refractivity contribution is 0.0664. The molecule has 1 aliphatic rings. The number of nitrogens with zero attached hydrogens (tertiary/aromatic N) is 1. The number of aromatic nitrogens is 1. The quantitative estimate of drug-likeness (QED) is 0.880. The number of carbonyl (C=O) groups is 1. The summed E-state index contributed by atoms with van der Waals surface area (Å²) in [6, 6.07) is 5.12. The van der Waals surface area contributed by atoms with Crippen LogP contribution in [-0.2, 0) is 9.84 Å². The second-order valence-electron chi connectivity index (χ2n) is 4.98. The van der Waals surface area contributed by atoms with Crippen LogP contribution in [0.4, 0.5) is 4.39 Å². The second-order valence-corrected chi connectivity index (χ2v) is 8.37. The highest BCUT2D eigenvalue weighted by Gasteiger charge is 2.42. The smallest absolute Gasteiger partial charge is 0.277 e. The molecule has 1 amide bonds. The summed E-state index contributed by atoms with van der Waals surface area (Å²) in [5.41, 5.74) is -0.559. The fraction of sp³-hybridized carbons (Fsp3) is 0.231. The van der Waals surface area contributed by atoms with Crippen LogP contribution in [0.25, 0.3) is 0 Å². The van der Waals surface area contributed by atoms with E-state index in [1.165, 1.54) is 23.1 Å². The monoisotopic (exact) mass is 376 g/mol. The highest BCUT2D eigenvalue weighted by molar-refractivity contribution is 7.92. The Hall–Kier alpha value is -1.71. The van der Waals surface area contributed by atoms with E-state index in [2.05, 4.69) is 4.37 Å². The van der Waals surface area contributed by atoms with Crippen LogP contribution in [0.15, 0.2) is 34.0 Å². The third-order valence-electron chi connectivity index (χ3n) is 3.56. The maximum atomic E-state index is 13.7. The van der Waals surface area contributed by atoms with Gasteiger partial charge in [-0.2, -0.15) is 0 Å². The van der Waals surface area contributed by atoms with Crippen molar-refractivity contribution in [3.63, 3.8) is 0 Å². The maximum Gasteiger partial charge on any atom is 0.277 e. The minimum atomic E-state index is -3.85.